The zero-order chi connectivity index (χ0) is 25.9. The van der Waals surface area contributed by atoms with Crippen LogP contribution in [0.25, 0.3) is 0 Å². The normalized spacial score (nSPS) is 11.8. The maximum absolute atomic E-state index is 6.14. The minimum atomic E-state index is -3.58. The van der Waals surface area contributed by atoms with Crippen LogP contribution in [0.5, 0.6) is 0 Å². The van der Waals surface area contributed by atoms with Gasteiger partial charge < -0.3 is 0 Å². The fraction of sp³-hybridized carbons (Fsp3) is 0.0857. The summed E-state index contributed by atoms with van der Waals surface area (Å²) in [6, 6.07) is 55.6. The SMILES string of the molecule is C(/CCOCc1ccccc1)=[C](\[Te]c1ccccc1)[Sn]([c]1ccccc1)([c]1ccccc1)[c]1ccccc1. The molecule has 3 heteroatoms. The van der Waals surface area contributed by atoms with Crippen LogP contribution in [0.2, 0.25) is 0 Å². The molecule has 0 aliphatic rings. The molecule has 0 unspecified atom stereocenters. The van der Waals surface area contributed by atoms with E-state index in [1.165, 1.54) is 19.9 Å². The van der Waals surface area contributed by atoms with Gasteiger partial charge in [-0.25, -0.2) is 0 Å². The molecule has 188 valence electrons. The molecule has 0 spiro atoms. The van der Waals surface area contributed by atoms with Crippen molar-refractivity contribution in [1.29, 1.82) is 0 Å². The third-order valence-corrected chi connectivity index (χ3v) is 30.0. The van der Waals surface area contributed by atoms with Crippen molar-refractivity contribution in [2.24, 2.45) is 0 Å². The monoisotopic (exact) mass is 718 g/mol. The molecule has 0 radical (unpaired) electrons. The van der Waals surface area contributed by atoms with E-state index in [0.29, 0.717) is 6.61 Å². The second kappa shape index (κ2) is 14.0. The van der Waals surface area contributed by atoms with Crippen molar-refractivity contribution in [3.63, 3.8) is 0 Å². The Morgan fingerprint density at radius 3 is 1.45 bits per heavy atom. The van der Waals surface area contributed by atoms with E-state index in [2.05, 4.69) is 158 Å². The molecule has 0 aromatic heterocycles. The van der Waals surface area contributed by atoms with Crippen LogP contribution in [-0.2, 0) is 11.3 Å². The predicted molar refractivity (Wildman–Crippen MR) is 165 cm³/mol. The molecule has 0 amide bonds. The average molecular weight is 715 g/mol. The molecule has 38 heavy (non-hydrogen) atoms. The van der Waals surface area contributed by atoms with Crippen molar-refractivity contribution < 1.29 is 4.74 Å². The third-order valence-electron chi connectivity index (χ3n) is 6.66. The van der Waals surface area contributed by atoms with E-state index >= 15 is 0 Å². The summed E-state index contributed by atoms with van der Waals surface area (Å²) in [6.45, 7) is 1.38. The van der Waals surface area contributed by atoms with Crippen LogP contribution >= 0.6 is 0 Å². The second-order valence-electron chi connectivity index (χ2n) is 9.16. The van der Waals surface area contributed by atoms with Crippen LogP contribution in [0.4, 0.5) is 0 Å². The van der Waals surface area contributed by atoms with Crippen molar-refractivity contribution in [1.82, 2.24) is 0 Å². The third kappa shape index (κ3) is 6.50. The zero-order valence-electron chi connectivity index (χ0n) is 21.4. The molecule has 0 N–H and O–H groups in total. The Morgan fingerprint density at radius 2 is 0.974 bits per heavy atom. The Hall–Kier alpha value is -2.61. The molecule has 5 rings (SSSR count). The Morgan fingerprint density at radius 1 is 0.553 bits per heavy atom. The van der Waals surface area contributed by atoms with Crippen molar-refractivity contribution in [3.8, 4) is 0 Å². The van der Waals surface area contributed by atoms with E-state index in [-0.39, 0.29) is 0 Å². The van der Waals surface area contributed by atoms with Crippen molar-refractivity contribution in [3.05, 3.63) is 165 Å². The zero-order valence-corrected chi connectivity index (χ0v) is 26.6. The van der Waals surface area contributed by atoms with Crippen LogP contribution in [0.15, 0.2) is 159 Å². The van der Waals surface area contributed by atoms with E-state index in [1.807, 2.05) is 0 Å². The predicted octanol–water partition coefficient (Wildman–Crippen LogP) is 5.22. The molecular weight excluding hydrogens is 683 g/mol. The topological polar surface area (TPSA) is 9.23 Å². The summed E-state index contributed by atoms with van der Waals surface area (Å²) in [7, 11) is 0. The van der Waals surface area contributed by atoms with Crippen molar-refractivity contribution in [2.45, 2.75) is 13.0 Å². The molecule has 0 fully saturated rings. The Balaban J connectivity index is 1.60. The molecule has 0 aliphatic heterocycles. The summed E-state index contributed by atoms with van der Waals surface area (Å²) in [5.41, 5.74) is 1.22. The fourth-order valence-corrected chi connectivity index (χ4v) is 32.0. The van der Waals surface area contributed by atoms with E-state index in [1.54, 1.807) is 1.64 Å². The Labute approximate surface area is 241 Å². The number of ether oxygens (including phenoxy) is 1. The van der Waals surface area contributed by atoms with E-state index in [9.17, 15) is 0 Å². The first-order valence-corrected chi connectivity index (χ1v) is 21.1. The van der Waals surface area contributed by atoms with Gasteiger partial charge in [-0.1, -0.05) is 0 Å². The first-order chi connectivity index (χ1) is 18.9. The fourth-order valence-electron chi connectivity index (χ4n) is 4.92. The van der Waals surface area contributed by atoms with Crippen LogP contribution < -0.4 is 14.3 Å². The Kier molecular flexibility index (Phi) is 9.92. The molecule has 1 nitrogen and oxygen atoms in total. The number of rotatable bonds is 11. The van der Waals surface area contributed by atoms with E-state index in [0.717, 1.165) is 13.0 Å². The van der Waals surface area contributed by atoms with E-state index in [4.69, 9.17) is 4.74 Å². The van der Waals surface area contributed by atoms with Crippen molar-refractivity contribution in [2.75, 3.05) is 6.61 Å². The van der Waals surface area contributed by atoms with Gasteiger partial charge in [-0.05, 0) is 0 Å². The van der Waals surface area contributed by atoms with Crippen LogP contribution in [-0.4, -0.2) is 45.9 Å². The summed E-state index contributed by atoms with van der Waals surface area (Å²) < 4.78 is 13.9. The average Bonchev–Trinajstić information content (AvgIpc) is 3.00. The Bertz CT molecular complexity index is 1310. The van der Waals surface area contributed by atoms with Gasteiger partial charge in [0.2, 0.25) is 0 Å². The van der Waals surface area contributed by atoms with Gasteiger partial charge in [0.1, 0.15) is 0 Å². The number of hydrogen-bond donors (Lipinski definition) is 0. The molecule has 0 heterocycles. The van der Waals surface area contributed by atoms with Crippen LogP contribution in [0.3, 0.4) is 0 Å². The van der Waals surface area contributed by atoms with Gasteiger partial charge in [0.15, 0.2) is 0 Å². The summed E-state index contributed by atoms with van der Waals surface area (Å²) in [5.74, 6) is 0. The van der Waals surface area contributed by atoms with Crippen LogP contribution in [0.1, 0.15) is 12.0 Å². The minimum absolute atomic E-state index is 0.613. The van der Waals surface area contributed by atoms with Gasteiger partial charge in [-0.3, -0.25) is 0 Å². The molecule has 0 saturated heterocycles. The van der Waals surface area contributed by atoms with Gasteiger partial charge in [0, 0.05) is 0 Å². The number of benzene rings is 5. The van der Waals surface area contributed by atoms with Crippen LogP contribution in [0, 0.1) is 0 Å². The molecule has 0 bridgehead atoms. The summed E-state index contributed by atoms with van der Waals surface area (Å²) in [6.07, 6.45) is 3.49. The maximum atomic E-state index is 6.14. The first-order valence-electron chi connectivity index (χ1n) is 13.1. The standard InChI is InChI=1S/C17H17OTe.3C6H5.Sn/c1-3-9-16(10-4-1)15-18-13-7-8-14-19-17-11-5-2-6-12-17;3*1-2-4-6-5-3-1;/h1-6,8-12H,7,13,15H2;3*1-5H;. The molecule has 5 aromatic rings. The second-order valence-corrected chi connectivity index (χ2v) is 26.3. The van der Waals surface area contributed by atoms with E-state index < -0.39 is 39.3 Å². The molecule has 5 aromatic carbocycles. The van der Waals surface area contributed by atoms with Gasteiger partial charge in [0.05, 0.1) is 0 Å². The molecular formula is C35H32OSnTe. The molecule has 0 saturated carbocycles. The summed E-state index contributed by atoms with van der Waals surface area (Å²) in [5, 5.41) is 0. The molecule has 0 atom stereocenters. The van der Waals surface area contributed by atoms with Gasteiger partial charge in [0.25, 0.3) is 0 Å². The van der Waals surface area contributed by atoms with Gasteiger partial charge >= 0.3 is 243 Å². The number of hydrogen-bond acceptors (Lipinski definition) is 1. The summed E-state index contributed by atoms with van der Waals surface area (Å²) in [4.78, 5) is 0. The quantitative estimate of drug-likeness (QED) is 0.135. The van der Waals surface area contributed by atoms with Crippen molar-refractivity contribution >= 4 is 53.6 Å². The first kappa shape index (κ1) is 27.0. The molecule has 0 aliphatic carbocycles. The van der Waals surface area contributed by atoms with Gasteiger partial charge in [-0.2, -0.15) is 0 Å². The van der Waals surface area contributed by atoms with Gasteiger partial charge in [-0.15, -0.1) is 0 Å². The summed E-state index contributed by atoms with van der Waals surface area (Å²) >= 11 is -4.20.